The van der Waals surface area contributed by atoms with Crippen LogP contribution >= 0.6 is 11.8 Å². The lowest BCUT2D eigenvalue weighted by atomic mass is 10.1. The van der Waals surface area contributed by atoms with Crippen molar-refractivity contribution in [2.45, 2.75) is 37.2 Å². The van der Waals surface area contributed by atoms with Gasteiger partial charge < -0.3 is 13.8 Å². The molecule has 1 unspecified atom stereocenters. The van der Waals surface area contributed by atoms with Gasteiger partial charge in [-0.05, 0) is 38.0 Å². The monoisotopic (exact) mass is 421 g/mol. The highest BCUT2D eigenvalue weighted by Crippen LogP contribution is 2.36. The molecule has 0 radical (unpaired) electrons. The van der Waals surface area contributed by atoms with E-state index in [9.17, 15) is 0 Å². The third kappa shape index (κ3) is 4.38. The quantitative estimate of drug-likeness (QED) is 0.380. The zero-order chi connectivity index (χ0) is 20.9. The maximum absolute atomic E-state index is 5.56. The number of ether oxygens (including phenoxy) is 1. The van der Waals surface area contributed by atoms with Crippen LogP contribution in [0.1, 0.15) is 29.5 Å². The van der Waals surface area contributed by atoms with E-state index in [0.29, 0.717) is 11.7 Å². The van der Waals surface area contributed by atoms with Crippen LogP contribution in [-0.2, 0) is 13.0 Å². The Morgan fingerprint density at radius 2 is 1.83 bits per heavy atom. The number of para-hydroxylation sites is 1. The first-order chi connectivity index (χ1) is 14.7. The Kier molecular flexibility index (Phi) is 6.13. The van der Waals surface area contributed by atoms with E-state index in [1.807, 2.05) is 44.2 Å². The zero-order valence-electron chi connectivity index (χ0n) is 17.1. The summed E-state index contributed by atoms with van der Waals surface area (Å²) in [6, 6.07) is 18.2. The van der Waals surface area contributed by atoms with Gasteiger partial charge in [0.2, 0.25) is 5.89 Å². The van der Waals surface area contributed by atoms with Gasteiger partial charge in [-0.3, -0.25) is 0 Å². The van der Waals surface area contributed by atoms with Gasteiger partial charge in [0.25, 0.3) is 0 Å². The van der Waals surface area contributed by atoms with E-state index < -0.39 is 0 Å². The molecule has 0 amide bonds. The average Bonchev–Trinajstić information content (AvgIpc) is 3.39. The van der Waals surface area contributed by atoms with Crippen molar-refractivity contribution in [3.8, 4) is 17.1 Å². The minimum Gasteiger partial charge on any atom is -0.496 e. The summed E-state index contributed by atoms with van der Waals surface area (Å²) in [4.78, 5) is 4.35. The van der Waals surface area contributed by atoms with Crippen molar-refractivity contribution < 1.29 is 9.26 Å². The van der Waals surface area contributed by atoms with E-state index >= 15 is 0 Å². The molecule has 4 aromatic rings. The molecule has 0 spiro atoms. The average molecular weight is 422 g/mol. The van der Waals surface area contributed by atoms with Crippen LogP contribution in [0.3, 0.4) is 0 Å². The number of aryl methyl sites for hydroxylation is 2. The number of hydrogen-bond donors (Lipinski definition) is 0. The maximum Gasteiger partial charge on any atom is 0.239 e. The van der Waals surface area contributed by atoms with Crippen molar-refractivity contribution in [3.05, 3.63) is 71.9 Å². The minimum atomic E-state index is -0.0450. The highest BCUT2D eigenvalue weighted by molar-refractivity contribution is 7.99. The minimum absolute atomic E-state index is 0.0450. The van der Waals surface area contributed by atoms with Crippen LogP contribution in [0, 0.1) is 6.92 Å². The van der Waals surface area contributed by atoms with E-state index in [1.165, 1.54) is 5.56 Å². The van der Waals surface area contributed by atoms with E-state index in [2.05, 4.69) is 49.2 Å². The molecule has 2 aromatic heterocycles. The number of benzene rings is 2. The van der Waals surface area contributed by atoms with E-state index in [4.69, 9.17) is 9.26 Å². The van der Waals surface area contributed by atoms with Crippen molar-refractivity contribution in [1.82, 2.24) is 24.9 Å². The molecule has 0 aliphatic heterocycles. The Hall–Kier alpha value is -3.13. The Labute approximate surface area is 179 Å². The first-order valence-electron chi connectivity index (χ1n) is 9.73. The highest BCUT2D eigenvalue weighted by atomic mass is 32.2. The summed E-state index contributed by atoms with van der Waals surface area (Å²) in [6.07, 6.45) is 0.864. The summed E-state index contributed by atoms with van der Waals surface area (Å²) in [7, 11) is 1.67. The molecular formula is C22H23N5O2S. The summed E-state index contributed by atoms with van der Waals surface area (Å²) in [5.41, 5.74) is 2.17. The Morgan fingerprint density at radius 1 is 1.07 bits per heavy atom. The number of aromatic nitrogens is 5. The topological polar surface area (TPSA) is 78.9 Å². The predicted octanol–water partition coefficient (Wildman–Crippen LogP) is 4.74. The largest absolute Gasteiger partial charge is 0.496 e. The second kappa shape index (κ2) is 9.13. The summed E-state index contributed by atoms with van der Waals surface area (Å²) in [5, 5.41) is 13.6. The molecule has 0 aliphatic carbocycles. The van der Waals surface area contributed by atoms with Gasteiger partial charge in [-0.25, -0.2) is 0 Å². The van der Waals surface area contributed by atoms with E-state index in [0.717, 1.165) is 35.3 Å². The molecular weight excluding hydrogens is 398 g/mol. The van der Waals surface area contributed by atoms with Crippen molar-refractivity contribution in [3.63, 3.8) is 0 Å². The van der Waals surface area contributed by atoms with Crippen LogP contribution in [0.2, 0.25) is 0 Å². The van der Waals surface area contributed by atoms with Gasteiger partial charge >= 0.3 is 0 Å². The predicted molar refractivity (Wildman–Crippen MR) is 115 cm³/mol. The fourth-order valence-corrected chi connectivity index (χ4v) is 4.08. The van der Waals surface area contributed by atoms with Crippen LogP contribution < -0.4 is 4.74 Å². The number of hydrogen-bond acceptors (Lipinski definition) is 7. The molecule has 1 atom stereocenters. The summed E-state index contributed by atoms with van der Waals surface area (Å²) >= 11 is 1.55. The first kappa shape index (κ1) is 20.2. The SMILES string of the molecule is COc1ccccc1-c1nnc(SC(C)c2nc(C)no2)n1CCc1ccccc1. The molecule has 0 fully saturated rings. The third-order valence-corrected chi connectivity index (χ3v) is 5.77. The standard InChI is InChI=1S/C22H23N5O2S/c1-15(21-23-16(2)26-29-21)30-22-25-24-20(18-11-7-8-12-19(18)28-3)27(22)14-13-17-9-5-4-6-10-17/h4-12,15H,13-14H2,1-3H3. The summed E-state index contributed by atoms with van der Waals surface area (Å²) in [5.74, 6) is 2.74. The molecule has 30 heavy (non-hydrogen) atoms. The highest BCUT2D eigenvalue weighted by Gasteiger charge is 2.22. The van der Waals surface area contributed by atoms with E-state index in [-0.39, 0.29) is 5.25 Å². The van der Waals surface area contributed by atoms with Gasteiger partial charge in [0.1, 0.15) is 5.75 Å². The summed E-state index contributed by atoms with van der Waals surface area (Å²) in [6.45, 7) is 4.57. The second-order valence-corrected chi connectivity index (χ2v) is 8.14. The maximum atomic E-state index is 5.56. The van der Waals surface area contributed by atoms with Crippen molar-refractivity contribution in [2.75, 3.05) is 7.11 Å². The Morgan fingerprint density at radius 3 is 2.57 bits per heavy atom. The molecule has 2 aromatic carbocycles. The third-order valence-electron chi connectivity index (χ3n) is 4.70. The van der Waals surface area contributed by atoms with Crippen LogP contribution in [0.5, 0.6) is 5.75 Å². The molecule has 7 nitrogen and oxygen atoms in total. The molecule has 154 valence electrons. The second-order valence-electron chi connectivity index (χ2n) is 6.83. The lowest BCUT2D eigenvalue weighted by Gasteiger charge is -2.13. The fourth-order valence-electron chi connectivity index (χ4n) is 3.18. The molecule has 0 N–H and O–H groups in total. The lowest BCUT2D eigenvalue weighted by Crippen LogP contribution is -2.06. The van der Waals surface area contributed by atoms with Gasteiger partial charge in [0, 0.05) is 6.54 Å². The van der Waals surface area contributed by atoms with Gasteiger partial charge in [0.05, 0.1) is 17.9 Å². The summed E-state index contributed by atoms with van der Waals surface area (Å²) < 4.78 is 13.0. The first-order valence-corrected chi connectivity index (χ1v) is 10.6. The Balaban J connectivity index is 1.67. The van der Waals surface area contributed by atoms with E-state index in [1.54, 1.807) is 18.9 Å². The fraction of sp³-hybridized carbons (Fsp3) is 0.273. The van der Waals surface area contributed by atoms with Gasteiger partial charge in [0.15, 0.2) is 16.8 Å². The molecule has 0 saturated heterocycles. The smallest absolute Gasteiger partial charge is 0.239 e. The molecule has 4 rings (SSSR count). The molecule has 0 bridgehead atoms. The van der Waals surface area contributed by atoms with Crippen molar-refractivity contribution in [2.24, 2.45) is 0 Å². The molecule has 0 saturated carbocycles. The molecule has 8 heteroatoms. The molecule has 2 heterocycles. The van der Waals surface area contributed by atoms with Crippen molar-refractivity contribution >= 4 is 11.8 Å². The number of thioether (sulfide) groups is 1. The van der Waals surface area contributed by atoms with Crippen LogP contribution in [0.4, 0.5) is 0 Å². The zero-order valence-corrected chi connectivity index (χ0v) is 18.0. The van der Waals surface area contributed by atoms with Crippen LogP contribution in [0.25, 0.3) is 11.4 Å². The molecule has 0 aliphatic rings. The van der Waals surface area contributed by atoms with Crippen molar-refractivity contribution in [1.29, 1.82) is 0 Å². The van der Waals surface area contributed by atoms with Gasteiger partial charge in [-0.1, -0.05) is 59.4 Å². The lowest BCUT2D eigenvalue weighted by molar-refractivity contribution is 0.376. The van der Waals surface area contributed by atoms with Crippen LogP contribution in [0.15, 0.2) is 64.3 Å². The van der Waals surface area contributed by atoms with Crippen LogP contribution in [-0.4, -0.2) is 32.0 Å². The normalized spacial score (nSPS) is 12.1. The number of methoxy groups -OCH3 is 1. The Bertz CT molecular complexity index is 1110. The van der Waals surface area contributed by atoms with Gasteiger partial charge in [-0.2, -0.15) is 4.98 Å². The van der Waals surface area contributed by atoms with Gasteiger partial charge in [-0.15, -0.1) is 10.2 Å². The number of rotatable bonds is 8. The number of nitrogens with zero attached hydrogens (tertiary/aromatic N) is 5.